The molecule has 2 aromatic heterocycles. The molecule has 0 bridgehead atoms. The van der Waals surface area contributed by atoms with Gasteiger partial charge in [-0.25, -0.2) is 9.97 Å². The Kier molecular flexibility index (Phi) is 3.56. The van der Waals surface area contributed by atoms with E-state index in [0.29, 0.717) is 6.61 Å². The lowest BCUT2D eigenvalue weighted by atomic mass is 10.1. The number of carbonyl (C=O) groups is 1. The summed E-state index contributed by atoms with van der Waals surface area (Å²) in [7, 11) is 0. The average molecular weight is 328 g/mol. The minimum atomic E-state index is -0.165. The fourth-order valence-corrected chi connectivity index (χ4v) is 4.55. The van der Waals surface area contributed by atoms with Crippen molar-refractivity contribution < 1.29 is 9.53 Å². The number of nitrogens with zero attached hydrogens (tertiary/aromatic N) is 2. The lowest BCUT2D eigenvalue weighted by Gasteiger charge is -2.07. The molecule has 0 saturated carbocycles. The summed E-state index contributed by atoms with van der Waals surface area (Å²) < 4.78 is 5.05. The van der Waals surface area contributed by atoms with Gasteiger partial charge in [0.05, 0.1) is 12.0 Å². The van der Waals surface area contributed by atoms with E-state index in [-0.39, 0.29) is 11.2 Å². The molecule has 1 aliphatic heterocycles. The van der Waals surface area contributed by atoms with Gasteiger partial charge in [0.1, 0.15) is 21.4 Å². The average Bonchev–Trinajstić information content (AvgIpc) is 3.16. The molecule has 0 N–H and O–H groups in total. The van der Waals surface area contributed by atoms with Crippen LogP contribution in [0.3, 0.4) is 0 Å². The number of rotatable bonds is 3. The Hall–Kier alpha value is -1.92. The molecule has 0 radical (unpaired) electrons. The van der Waals surface area contributed by atoms with Gasteiger partial charge in [-0.2, -0.15) is 0 Å². The Labute approximate surface area is 135 Å². The summed E-state index contributed by atoms with van der Waals surface area (Å²) in [5.74, 6) is -0.145. The Morgan fingerprint density at radius 2 is 2.09 bits per heavy atom. The van der Waals surface area contributed by atoms with Gasteiger partial charge in [-0.3, -0.25) is 4.79 Å². The number of fused-ring (bicyclic) bond motifs is 1. The van der Waals surface area contributed by atoms with Crippen LogP contribution in [0.2, 0.25) is 0 Å². The minimum Gasteiger partial charge on any atom is -0.465 e. The minimum absolute atomic E-state index is 0.145. The maximum Gasteiger partial charge on any atom is 0.319 e. The van der Waals surface area contributed by atoms with E-state index in [1.807, 2.05) is 18.2 Å². The Morgan fingerprint density at radius 3 is 2.86 bits per heavy atom. The summed E-state index contributed by atoms with van der Waals surface area (Å²) in [4.78, 5) is 21.4. The standard InChI is InChI=1S/C16H12N2O2S2/c19-16-12(6-7-20-16)22-15-13-11(10-4-2-1-3-5-10)8-21-14(13)17-9-18-15/h1-5,8-9,12H,6-7H2/t12-/m1/s1. The van der Waals surface area contributed by atoms with Crippen LogP contribution >= 0.6 is 23.1 Å². The molecule has 1 aliphatic rings. The quantitative estimate of drug-likeness (QED) is 0.541. The molecule has 3 aromatic rings. The van der Waals surface area contributed by atoms with Crippen molar-refractivity contribution in [2.24, 2.45) is 0 Å². The Balaban J connectivity index is 1.81. The van der Waals surface area contributed by atoms with Crippen LogP contribution in [0.25, 0.3) is 21.3 Å². The molecule has 1 fully saturated rings. The summed E-state index contributed by atoms with van der Waals surface area (Å²) in [5.41, 5.74) is 2.26. The van der Waals surface area contributed by atoms with Gasteiger partial charge in [0.2, 0.25) is 0 Å². The molecule has 1 atom stereocenters. The predicted octanol–water partition coefficient (Wildman–Crippen LogP) is 3.77. The molecule has 1 saturated heterocycles. The number of hydrogen-bond acceptors (Lipinski definition) is 6. The summed E-state index contributed by atoms with van der Waals surface area (Å²) in [6, 6.07) is 10.2. The normalized spacial score (nSPS) is 17.8. The highest BCUT2D eigenvalue weighted by atomic mass is 32.2. The molecule has 1 aromatic carbocycles. The number of carbonyl (C=O) groups excluding carboxylic acids is 1. The summed E-state index contributed by atoms with van der Waals surface area (Å²) in [6.45, 7) is 0.500. The van der Waals surface area contributed by atoms with Gasteiger partial charge < -0.3 is 4.74 Å². The Morgan fingerprint density at radius 1 is 1.23 bits per heavy atom. The summed E-state index contributed by atoms with van der Waals surface area (Å²) >= 11 is 3.08. The summed E-state index contributed by atoms with van der Waals surface area (Å²) in [5, 5.41) is 3.82. The van der Waals surface area contributed by atoms with Gasteiger partial charge in [0.25, 0.3) is 0 Å². The SMILES string of the molecule is O=C1OCC[C@H]1Sc1ncnc2scc(-c3ccccc3)c12. The third kappa shape index (κ3) is 2.38. The molecule has 4 nitrogen and oxygen atoms in total. The first-order valence-corrected chi connectivity index (χ1v) is 8.70. The second-order valence-electron chi connectivity index (χ2n) is 4.94. The number of benzene rings is 1. The largest absolute Gasteiger partial charge is 0.465 e. The number of ether oxygens (including phenoxy) is 1. The monoisotopic (exact) mass is 328 g/mol. The van der Waals surface area contributed by atoms with E-state index in [2.05, 4.69) is 27.5 Å². The van der Waals surface area contributed by atoms with Gasteiger partial charge in [-0.05, 0) is 5.56 Å². The van der Waals surface area contributed by atoms with E-state index in [1.54, 1.807) is 17.7 Å². The second-order valence-corrected chi connectivity index (χ2v) is 6.99. The number of thioether (sulfide) groups is 1. The van der Waals surface area contributed by atoms with Gasteiger partial charge >= 0.3 is 5.97 Å². The second kappa shape index (κ2) is 5.70. The lowest BCUT2D eigenvalue weighted by Crippen LogP contribution is -2.09. The summed E-state index contributed by atoms with van der Waals surface area (Å²) in [6.07, 6.45) is 2.30. The zero-order valence-electron chi connectivity index (χ0n) is 11.6. The fraction of sp³-hybridized carbons (Fsp3) is 0.188. The van der Waals surface area contributed by atoms with Gasteiger partial charge in [-0.15, -0.1) is 11.3 Å². The van der Waals surface area contributed by atoms with Crippen molar-refractivity contribution in [1.29, 1.82) is 0 Å². The van der Waals surface area contributed by atoms with Crippen LogP contribution in [-0.4, -0.2) is 27.8 Å². The van der Waals surface area contributed by atoms with Crippen LogP contribution in [0.1, 0.15) is 6.42 Å². The molecule has 22 heavy (non-hydrogen) atoms. The number of esters is 1. The Bertz CT molecular complexity index is 833. The van der Waals surface area contributed by atoms with Crippen LogP contribution in [0.5, 0.6) is 0 Å². The molecular weight excluding hydrogens is 316 g/mol. The van der Waals surface area contributed by atoms with Crippen molar-refractivity contribution in [3.8, 4) is 11.1 Å². The first-order chi connectivity index (χ1) is 10.8. The van der Waals surface area contributed by atoms with E-state index >= 15 is 0 Å². The van der Waals surface area contributed by atoms with Crippen molar-refractivity contribution >= 4 is 39.3 Å². The van der Waals surface area contributed by atoms with Crippen molar-refractivity contribution in [2.45, 2.75) is 16.7 Å². The number of hydrogen-bond donors (Lipinski definition) is 0. The van der Waals surface area contributed by atoms with Crippen molar-refractivity contribution in [2.75, 3.05) is 6.61 Å². The van der Waals surface area contributed by atoms with Gasteiger partial charge in [0.15, 0.2) is 0 Å². The van der Waals surface area contributed by atoms with Crippen LogP contribution in [0, 0.1) is 0 Å². The van der Waals surface area contributed by atoms with Crippen molar-refractivity contribution in [3.05, 3.63) is 42.0 Å². The van der Waals surface area contributed by atoms with Crippen molar-refractivity contribution in [1.82, 2.24) is 9.97 Å². The molecule has 4 rings (SSSR count). The van der Waals surface area contributed by atoms with E-state index in [1.165, 1.54) is 11.8 Å². The predicted molar refractivity (Wildman–Crippen MR) is 88.1 cm³/mol. The zero-order valence-corrected chi connectivity index (χ0v) is 13.2. The third-order valence-corrected chi connectivity index (χ3v) is 5.69. The number of cyclic esters (lactones) is 1. The van der Waals surface area contributed by atoms with Crippen molar-refractivity contribution in [3.63, 3.8) is 0 Å². The molecule has 0 aliphatic carbocycles. The smallest absolute Gasteiger partial charge is 0.319 e. The highest BCUT2D eigenvalue weighted by Gasteiger charge is 2.29. The third-order valence-electron chi connectivity index (χ3n) is 3.56. The molecular formula is C16H12N2O2S2. The first-order valence-electron chi connectivity index (χ1n) is 6.94. The number of aromatic nitrogens is 2. The van der Waals surface area contributed by atoms with Crippen LogP contribution in [0.4, 0.5) is 0 Å². The van der Waals surface area contributed by atoms with Crippen LogP contribution < -0.4 is 0 Å². The molecule has 0 unspecified atom stereocenters. The first kappa shape index (κ1) is 13.7. The molecule has 3 heterocycles. The lowest BCUT2D eigenvalue weighted by molar-refractivity contribution is -0.137. The van der Waals surface area contributed by atoms with Crippen LogP contribution in [0.15, 0.2) is 47.1 Å². The van der Waals surface area contributed by atoms with Gasteiger partial charge in [-0.1, -0.05) is 42.1 Å². The topological polar surface area (TPSA) is 52.1 Å². The maximum absolute atomic E-state index is 11.7. The zero-order chi connectivity index (χ0) is 14.9. The number of thiophene rings is 1. The molecule has 0 amide bonds. The van der Waals surface area contributed by atoms with E-state index in [9.17, 15) is 4.79 Å². The highest BCUT2D eigenvalue weighted by molar-refractivity contribution is 8.00. The van der Waals surface area contributed by atoms with Gasteiger partial charge in [0, 0.05) is 17.4 Å². The maximum atomic E-state index is 11.7. The molecule has 0 spiro atoms. The van der Waals surface area contributed by atoms with Crippen LogP contribution in [-0.2, 0) is 9.53 Å². The molecule has 6 heteroatoms. The van der Waals surface area contributed by atoms with E-state index in [4.69, 9.17) is 4.74 Å². The fourth-order valence-electron chi connectivity index (χ4n) is 2.49. The highest BCUT2D eigenvalue weighted by Crippen LogP contribution is 2.40. The van der Waals surface area contributed by atoms with E-state index in [0.717, 1.165) is 32.8 Å². The molecule has 110 valence electrons. The van der Waals surface area contributed by atoms with E-state index < -0.39 is 0 Å².